The van der Waals surface area contributed by atoms with Gasteiger partial charge in [0.05, 0.1) is 63.6 Å². The number of ether oxygens (including phenoxy) is 1. The van der Waals surface area contributed by atoms with E-state index in [0.29, 0.717) is 65.2 Å². The number of hydrogen-bond donors (Lipinski definition) is 8. The second kappa shape index (κ2) is 28.1. The molecule has 16 unspecified atom stereocenters. The number of carbonyl (C=O) groups excluding carboxylic acids is 7. The van der Waals surface area contributed by atoms with Crippen LogP contribution in [0.5, 0.6) is 0 Å². The highest BCUT2D eigenvalue weighted by Crippen LogP contribution is 2.68. The van der Waals surface area contributed by atoms with Crippen LogP contribution in [0, 0.1) is 114 Å². The molecular formula is C77H91N5O16. The van der Waals surface area contributed by atoms with Gasteiger partial charge in [-0.3, -0.25) is 48.1 Å². The first kappa shape index (κ1) is 70.3. The number of anilines is 5. The Kier molecular flexibility index (Phi) is 20.1. The number of nitrogens with one attached hydrogen (secondary N) is 4. The summed E-state index contributed by atoms with van der Waals surface area (Å²) >= 11 is 0. The SMILES string of the molecule is Cc1ccc(NC(=O)C2CC(CC(=O)O)C(CC(=O)O)C2C(=O)Nc2ccc(N3C(=O)C4CC(C3=O)C(C(=O)Nc3ccc(NC(=O)c5cc(C)c(C)cc5C(=O)O)cc3)C4C(=O)O)cc2C(=O)OC2CCC3(C)C(=CCC4C3CCC3(C)C(C(C)CCCC(C)C)CCC43)C2)cc1. The number of amides is 6. The average Bonchev–Trinajstić information content (AvgIpc) is 1.45. The smallest absolute Gasteiger partial charge is 0.340 e. The molecule has 0 spiro atoms. The summed E-state index contributed by atoms with van der Waals surface area (Å²) in [6.07, 6.45) is 11.1. The van der Waals surface area contributed by atoms with Gasteiger partial charge in [0.1, 0.15) is 6.10 Å². The molecule has 11 rings (SSSR count). The number of carboxylic acid groups (broad SMARTS) is 4. The molecule has 6 aliphatic carbocycles. The zero-order valence-electron chi connectivity index (χ0n) is 57.0. The normalized spacial score (nSPS) is 29.5. The minimum Gasteiger partial charge on any atom is -0.481 e. The highest BCUT2D eigenvalue weighted by Gasteiger charge is 2.63. The molecule has 1 saturated heterocycles. The molecule has 5 saturated carbocycles. The number of imide groups is 1. The first-order valence-corrected chi connectivity index (χ1v) is 34.8. The molecule has 520 valence electrons. The molecular weight excluding hydrogens is 1250 g/mol. The number of carboxylic acids is 4. The van der Waals surface area contributed by atoms with E-state index in [1.54, 1.807) is 38.1 Å². The van der Waals surface area contributed by atoms with Crippen molar-refractivity contribution in [3.05, 3.63) is 124 Å². The fourth-order valence-corrected chi connectivity index (χ4v) is 19.0. The van der Waals surface area contributed by atoms with Crippen molar-refractivity contribution in [2.24, 2.45) is 93.7 Å². The molecule has 4 aromatic carbocycles. The van der Waals surface area contributed by atoms with E-state index in [2.05, 4.69) is 62.0 Å². The lowest BCUT2D eigenvalue weighted by atomic mass is 9.47. The minimum absolute atomic E-state index is 0.0733. The molecule has 0 radical (unpaired) electrons. The van der Waals surface area contributed by atoms with Gasteiger partial charge in [-0.15, -0.1) is 0 Å². The molecule has 0 aromatic heterocycles. The van der Waals surface area contributed by atoms with Gasteiger partial charge in [0.2, 0.25) is 29.5 Å². The molecule has 98 heavy (non-hydrogen) atoms. The molecule has 6 amide bonds. The number of allylic oxidation sites excluding steroid dienone is 1. The molecule has 7 aliphatic rings. The predicted molar refractivity (Wildman–Crippen MR) is 365 cm³/mol. The van der Waals surface area contributed by atoms with Crippen LogP contribution >= 0.6 is 0 Å². The third-order valence-electron chi connectivity index (χ3n) is 24.1. The molecule has 21 nitrogen and oxygen atoms in total. The zero-order valence-corrected chi connectivity index (χ0v) is 57.0. The highest BCUT2D eigenvalue weighted by molar-refractivity contribution is 6.22. The fourth-order valence-electron chi connectivity index (χ4n) is 19.0. The number of aromatic carboxylic acids is 1. The van der Waals surface area contributed by atoms with Gasteiger partial charge in [-0.25, -0.2) is 9.59 Å². The van der Waals surface area contributed by atoms with Crippen LogP contribution in [-0.4, -0.2) is 91.8 Å². The van der Waals surface area contributed by atoms with Crippen molar-refractivity contribution in [1.82, 2.24) is 0 Å². The third-order valence-corrected chi connectivity index (χ3v) is 24.1. The van der Waals surface area contributed by atoms with Crippen LogP contribution in [-0.2, 0) is 43.1 Å². The predicted octanol–water partition coefficient (Wildman–Crippen LogP) is 13.0. The standard InChI is InChI=1S/C77H91N5O16/c1-38(2)10-9-11-40(4)58-23-24-59-50-22-14-44-34-49(26-28-76(44,7)60(50)27-29-77(58,59)8)98-75(97)54-35-48(21-25-61(54)81-69(89)64-51(37-63(85)86)43(33-62(83)84)32-55(64)68(88)79-45-15-12-39(3)13-16-45)82-71(91)56-36-57(72(82)92)66(74(95)96)65(56)70(90)80-47-19-17-46(18-20-47)78-67(87)52-30-41(5)42(6)31-53(52)73(93)94/h12-21,25,30-31,35,38,40,43,49-51,55-60,64-66H,9-11,22-24,26-29,32-34,36-37H2,1-8H3,(H,78,87)(H,79,88)(H,80,90)(H,81,89)(H,83,84)(H,85,86)(H,93,94)(H,95,96). The summed E-state index contributed by atoms with van der Waals surface area (Å²) in [5.74, 6) is -18.7. The van der Waals surface area contributed by atoms with E-state index in [4.69, 9.17) is 4.74 Å². The van der Waals surface area contributed by atoms with Crippen molar-refractivity contribution < 1.29 is 77.9 Å². The van der Waals surface area contributed by atoms with Gasteiger partial charge in [0, 0.05) is 36.3 Å². The molecule has 4 aromatic rings. The maximum absolute atomic E-state index is 15.3. The Morgan fingerprint density at radius 2 is 1.23 bits per heavy atom. The van der Waals surface area contributed by atoms with Crippen LogP contribution in [0.4, 0.5) is 28.4 Å². The van der Waals surface area contributed by atoms with Crippen LogP contribution in [0.15, 0.2) is 90.5 Å². The number of fused-ring (bicyclic) bond motifs is 7. The number of benzene rings is 4. The molecule has 1 aliphatic heterocycles. The van der Waals surface area contributed by atoms with Gasteiger partial charge >= 0.3 is 29.8 Å². The van der Waals surface area contributed by atoms with Gasteiger partial charge in [0.15, 0.2) is 0 Å². The number of hydrogen-bond acceptors (Lipinski definition) is 12. The quantitative estimate of drug-likeness (QED) is 0.0206. The lowest BCUT2D eigenvalue weighted by Crippen LogP contribution is -2.51. The first-order valence-electron chi connectivity index (χ1n) is 34.8. The number of aliphatic carboxylic acids is 3. The van der Waals surface area contributed by atoms with E-state index in [9.17, 15) is 63.6 Å². The molecule has 1 heterocycles. The van der Waals surface area contributed by atoms with Gasteiger partial charge in [-0.1, -0.05) is 83.2 Å². The van der Waals surface area contributed by atoms with Crippen molar-refractivity contribution in [2.75, 3.05) is 26.2 Å². The second-order valence-corrected chi connectivity index (χ2v) is 30.3. The summed E-state index contributed by atoms with van der Waals surface area (Å²) in [7, 11) is 0. The summed E-state index contributed by atoms with van der Waals surface area (Å²) in [5, 5.41) is 51.8. The maximum atomic E-state index is 15.3. The second-order valence-electron chi connectivity index (χ2n) is 30.3. The van der Waals surface area contributed by atoms with Crippen molar-refractivity contribution >= 4 is 93.7 Å². The largest absolute Gasteiger partial charge is 0.481 e. The molecule has 6 fully saturated rings. The Labute approximate surface area is 570 Å². The van der Waals surface area contributed by atoms with E-state index in [0.717, 1.165) is 29.7 Å². The van der Waals surface area contributed by atoms with Gasteiger partial charge < -0.3 is 46.4 Å². The van der Waals surface area contributed by atoms with Crippen LogP contribution < -0.4 is 26.2 Å². The Balaban J connectivity index is 0.873. The van der Waals surface area contributed by atoms with E-state index in [1.165, 1.54) is 98.7 Å². The third kappa shape index (κ3) is 13.8. The van der Waals surface area contributed by atoms with Crippen molar-refractivity contribution in [1.29, 1.82) is 0 Å². The van der Waals surface area contributed by atoms with Gasteiger partial charge in [0.25, 0.3) is 5.91 Å². The van der Waals surface area contributed by atoms with E-state index in [-0.39, 0.29) is 63.1 Å². The number of carbonyl (C=O) groups is 11. The number of esters is 1. The van der Waals surface area contributed by atoms with E-state index >= 15 is 9.59 Å². The average molecular weight is 1340 g/mol. The number of nitrogens with zero attached hydrogens (tertiary/aromatic N) is 1. The van der Waals surface area contributed by atoms with Crippen LogP contribution in [0.25, 0.3) is 0 Å². The number of piperidine rings is 1. The van der Waals surface area contributed by atoms with Gasteiger partial charge in [-0.2, -0.15) is 0 Å². The molecule has 16 atom stereocenters. The van der Waals surface area contributed by atoms with Crippen LogP contribution in [0.2, 0.25) is 0 Å². The minimum atomic E-state index is -1.70. The van der Waals surface area contributed by atoms with Crippen molar-refractivity contribution in [3.8, 4) is 0 Å². The van der Waals surface area contributed by atoms with Crippen LogP contribution in [0.3, 0.4) is 0 Å². The highest BCUT2D eigenvalue weighted by atomic mass is 16.5. The topological polar surface area (TPSA) is 329 Å². The van der Waals surface area contributed by atoms with Crippen molar-refractivity contribution in [3.63, 3.8) is 0 Å². The summed E-state index contributed by atoms with van der Waals surface area (Å²) in [4.78, 5) is 153. The van der Waals surface area contributed by atoms with E-state index < -0.39 is 132 Å². The lowest BCUT2D eigenvalue weighted by molar-refractivity contribution is -0.148. The zero-order chi connectivity index (χ0) is 70.6. The Bertz CT molecular complexity index is 3920. The number of aryl methyl sites for hydroxylation is 3. The van der Waals surface area contributed by atoms with Gasteiger partial charge in [-0.05, 0) is 215 Å². The molecule has 21 heteroatoms. The Hall–Kier alpha value is -9.01. The summed E-state index contributed by atoms with van der Waals surface area (Å²) in [5.41, 5.74) is 3.36. The Morgan fingerprint density at radius 3 is 1.87 bits per heavy atom. The monoisotopic (exact) mass is 1340 g/mol. The summed E-state index contributed by atoms with van der Waals surface area (Å²) < 4.78 is 6.47. The summed E-state index contributed by atoms with van der Waals surface area (Å²) in [6.45, 7) is 17.3. The lowest BCUT2D eigenvalue weighted by Gasteiger charge is -2.58. The molecule has 2 bridgehead atoms. The Morgan fingerprint density at radius 1 is 0.622 bits per heavy atom. The van der Waals surface area contributed by atoms with E-state index in [1.807, 2.05) is 6.92 Å². The van der Waals surface area contributed by atoms with Crippen molar-refractivity contribution in [2.45, 2.75) is 158 Å². The fraction of sp³-hybridized carbons (Fsp3) is 0.519. The first-order chi connectivity index (χ1) is 46.4. The summed E-state index contributed by atoms with van der Waals surface area (Å²) in [6, 6.07) is 19.1. The number of rotatable bonds is 22. The van der Waals surface area contributed by atoms with Crippen LogP contribution in [0.1, 0.15) is 179 Å². The molecule has 8 N–H and O–H groups in total. The maximum Gasteiger partial charge on any atom is 0.340 e.